The lowest BCUT2D eigenvalue weighted by molar-refractivity contribution is -0.136. The molecule has 6 rings (SSSR count). The standard InChI is InChI=1S/C28H42F3N7O2/c1-35-17-33-34-26(35)24(18-5-3-6-18)19-7-4-8-21(13-19)37-16-23-22(28(29,30)31)14-20(15-38(23)27(37)39)25-32-9-10-36(25)11-12-40-2/h14-16,18-19,21,24-26,32-34H,3-13,17H2,1-2H3/t19?,21?,24-,25?,26?/m1/s1. The first-order valence-electron chi connectivity index (χ1n) is 14.8. The number of halogens is 3. The summed E-state index contributed by atoms with van der Waals surface area (Å²) in [7, 11) is 3.73. The number of nitrogens with zero attached hydrogens (tertiary/aromatic N) is 4. The van der Waals surface area contributed by atoms with Gasteiger partial charge in [-0.2, -0.15) is 13.2 Å². The highest BCUT2D eigenvalue weighted by Crippen LogP contribution is 2.47. The van der Waals surface area contributed by atoms with Gasteiger partial charge in [0.15, 0.2) is 0 Å². The van der Waals surface area contributed by atoms with Crippen molar-refractivity contribution in [2.24, 2.45) is 17.8 Å². The zero-order valence-electron chi connectivity index (χ0n) is 23.4. The van der Waals surface area contributed by atoms with E-state index in [2.05, 4.69) is 33.0 Å². The van der Waals surface area contributed by atoms with E-state index >= 15 is 0 Å². The summed E-state index contributed by atoms with van der Waals surface area (Å²) in [6, 6.07) is 1.10. The molecular formula is C28H42F3N7O2. The van der Waals surface area contributed by atoms with Crippen LogP contribution < -0.4 is 21.9 Å². The maximum Gasteiger partial charge on any atom is 0.418 e. The Kier molecular flexibility index (Phi) is 8.01. The largest absolute Gasteiger partial charge is 0.418 e. The summed E-state index contributed by atoms with van der Waals surface area (Å²) >= 11 is 0. The van der Waals surface area contributed by atoms with E-state index in [0.29, 0.717) is 49.6 Å². The van der Waals surface area contributed by atoms with Crippen LogP contribution in [0.1, 0.15) is 68.3 Å². The monoisotopic (exact) mass is 565 g/mol. The summed E-state index contributed by atoms with van der Waals surface area (Å²) in [5.74, 6) is 1.51. The van der Waals surface area contributed by atoms with Crippen LogP contribution in [-0.2, 0) is 10.9 Å². The highest BCUT2D eigenvalue weighted by molar-refractivity contribution is 5.56. The van der Waals surface area contributed by atoms with E-state index in [1.807, 2.05) is 0 Å². The number of pyridine rings is 1. The smallest absolute Gasteiger partial charge is 0.383 e. The number of aromatic nitrogens is 2. The van der Waals surface area contributed by atoms with Crippen molar-refractivity contribution < 1.29 is 17.9 Å². The van der Waals surface area contributed by atoms with E-state index in [4.69, 9.17) is 4.74 Å². The number of nitrogens with one attached hydrogen (secondary N) is 3. The van der Waals surface area contributed by atoms with Gasteiger partial charge in [-0.15, -0.1) is 0 Å². The third-order valence-corrected chi connectivity index (χ3v) is 9.86. The first kappa shape index (κ1) is 28.2. The Morgan fingerprint density at radius 2 is 1.90 bits per heavy atom. The second kappa shape index (κ2) is 11.4. The molecule has 2 saturated carbocycles. The quantitative estimate of drug-likeness (QED) is 0.454. The molecule has 0 bridgehead atoms. The highest BCUT2D eigenvalue weighted by atomic mass is 19.4. The number of rotatable bonds is 8. The number of methoxy groups -OCH3 is 1. The molecule has 3 N–H and O–H groups in total. The van der Waals surface area contributed by atoms with Gasteiger partial charge in [-0.25, -0.2) is 15.6 Å². The van der Waals surface area contributed by atoms with Crippen molar-refractivity contribution in [1.82, 2.24) is 34.9 Å². The van der Waals surface area contributed by atoms with Crippen molar-refractivity contribution in [2.75, 3.05) is 47.1 Å². The molecule has 4 heterocycles. The minimum atomic E-state index is -4.58. The molecule has 2 saturated heterocycles. The van der Waals surface area contributed by atoms with Gasteiger partial charge in [0.25, 0.3) is 0 Å². The molecule has 0 spiro atoms. The highest BCUT2D eigenvalue weighted by Gasteiger charge is 2.44. The summed E-state index contributed by atoms with van der Waals surface area (Å²) in [4.78, 5) is 18.2. The molecule has 5 atom stereocenters. The van der Waals surface area contributed by atoms with Crippen molar-refractivity contribution >= 4 is 5.52 Å². The Labute approximate surface area is 233 Å². The lowest BCUT2D eigenvalue weighted by atomic mass is 9.65. The molecule has 4 unspecified atom stereocenters. The van der Waals surface area contributed by atoms with Crippen LogP contribution in [0, 0.1) is 17.8 Å². The Bertz CT molecular complexity index is 1240. The Balaban J connectivity index is 1.33. The van der Waals surface area contributed by atoms with Crippen molar-refractivity contribution in [1.29, 1.82) is 0 Å². The van der Waals surface area contributed by atoms with Crippen molar-refractivity contribution in [3.05, 3.63) is 40.1 Å². The Morgan fingerprint density at radius 3 is 2.58 bits per heavy atom. The van der Waals surface area contributed by atoms with Gasteiger partial charge in [-0.3, -0.25) is 24.1 Å². The predicted octanol–water partition coefficient (Wildman–Crippen LogP) is 3.14. The van der Waals surface area contributed by atoms with Crippen LogP contribution in [-0.4, -0.2) is 72.0 Å². The van der Waals surface area contributed by atoms with Crippen LogP contribution in [0.15, 0.2) is 23.3 Å². The van der Waals surface area contributed by atoms with Crippen molar-refractivity contribution in [2.45, 2.75) is 69.5 Å². The van der Waals surface area contributed by atoms with E-state index in [9.17, 15) is 18.0 Å². The second-order valence-electron chi connectivity index (χ2n) is 12.2. The minimum Gasteiger partial charge on any atom is -0.383 e. The van der Waals surface area contributed by atoms with E-state index in [0.717, 1.165) is 32.4 Å². The van der Waals surface area contributed by atoms with E-state index in [1.54, 1.807) is 17.9 Å². The summed E-state index contributed by atoms with van der Waals surface area (Å²) in [5.41, 5.74) is 5.98. The molecule has 4 aliphatic rings. The molecule has 2 aromatic heterocycles. The van der Waals surface area contributed by atoms with E-state index < -0.39 is 17.9 Å². The summed E-state index contributed by atoms with van der Waals surface area (Å²) in [6.45, 7) is 3.23. The Morgan fingerprint density at radius 1 is 1.12 bits per heavy atom. The minimum absolute atomic E-state index is 0.0678. The lowest BCUT2D eigenvalue weighted by Crippen LogP contribution is -2.50. The van der Waals surface area contributed by atoms with Gasteiger partial charge in [0.2, 0.25) is 0 Å². The predicted molar refractivity (Wildman–Crippen MR) is 145 cm³/mol. The average Bonchev–Trinajstić information content (AvgIpc) is 3.63. The number of imidazole rings is 1. The lowest BCUT2D eigenvalue weighted by Gasteiger charge is -2.46. The van der Waals surface area contributed by atoms with Crippen LogP contribution in [0.25, 0.3) is 5.52 Å². The first-order chi connectivity index (χ1) is 19.3. The topological polar surface area (TPSA) is 78.2 Å². The normalized spacial score (nSPS) is 29.8. The zero-order chi connectivity index (χ0) is 28.0. The maximum atomic E-state index is 14.4. The fourth-order valence-electron chi connectivity index (χ4n) is 7.65. The molecule has 0 amide bonds. The van der Waals surface area contributed by atoms with Gasteiger partial charge in [-0.05, 0) is 50.1 Å². The molecule has 0 aromatic carbocycles. The SMILES string of the molecule is COCCN1CCNC1c1cc(C(F)(F)F)c2cn(C3CCCC([C@@H](C4CCC4)C4NNCN4C)C3)c(=O)n2c1. The van der Waals surface area contributed by atoms with Crippen molar-refractivity contribution in [3.8, 4) is 0 Å². The van der Waals surface area contributed by atoms with Crippen LogP contribution in [0.3, 0.4) is 0 Å². The second-order valence-corrected chi connectivity index (χ2v) is 12.2. The van der Waals surface area contributed by atoms with E-state index in [1.165, 1.54) is 35.9 Å². The molecule has 4 fully saturated rings. The van der Waals surface area contributed by atoms with Gasteiger partial charge in [0.1, 0.15) is 0 Å². The fraction of sp³-hybridized carbons (Fsp3) is 0.750. The van der Waals surface area contributed by atoms with Crippen LogP contribution in [0.5, 0.6) is 0 Å². The van der Waals surface area contributed by atoms with Gasteiger partial charge >= 0.3 is 11.9 Å². The van der Waals surface area contributed by atoms with Crippen LogP contribution >= 0.6 is 0 Å². The van der Waals surface area contributed by atoms with Gasteiger partial charge in [0.05, 0.1) is 36.7 Å². The third kappa shape index (κ3) is 5.22. The molecule has 40 heavy (non-hydrogen) atoms. The van der Waals surface area contributed by atoms with Crippen molar-refractivity contribution in [3.63, 3.8) is 0 Å². The molecule has 2 aliphatic heterocycles. The fourth-order valence-corrected chi connectivity index (χ4v) is 7.65. The molecule has 12 heteroatoms. The third-order valence-electron chi connectivity index (χ3n) is 9.86. The summed E-state index contributed by atoms with van der Waals surface area (Å²) < 4.78 is 51.2. The summed E-state index contributed by atoms with van der Waals surface area (Å²) in [5, 5.41) is 3.30. The number of hydrogen-bond donors (Lipinski definition) is 3. The first-order valence-corrected chi connectivity index (χ1v) is 14.8. The number of hydrazine groups is 1. The number of fused-ring (bicyclic) bond motifs is 1. The molecular weight excluding hydrogens is 523 g/mol. The molecule has 2 aromatic rings. The van der Waals surface area contributed by atoms with Gasteiger partial charge < -0.3 is 4.74 Å². The molecule has 2 aliphatic carbocycles. The van der Waals surface area contributed by atoms with Gasteiger partial charge in [0, 0.05) is 50.7 Å². The Hall–Kier alpha value is -1.96. The van der Waals surface area contributed by atoms with Crippen LogP contribution in [0.4, 0.5) is 13.2 Å². The molecule has 222 valence electrons. The molecule has 0 radical (unpaired) electrons. The average molecular weight is 566 g/mol. The number of alkyl halides is 3. The number of hydrogen-bond acceptors (Lipinski definition) is 7. The number of ether oxygens (including phenoxy) is 1. The molecule has 9 nitrogen and oxygen atoms in total. The van der Waals surface area contributed by atoms with Crippen LogP contribution in [0.2, 0.25) is 0 Å². The van der Waals surface area contributed by atoms with E-state index in [-0.39, 0.29) is 23.4 Å². The summed E-state index contributed by atoms with van der Waals surface area (Å²) in [6.07, 6.45) is 5.71. The maximum absolute atomic E-state index is 14.4. The zero-order valence-corrected chi connectivity index (χ0v) is 23.4. The van der Waals surface area contributed by atoms with Gasteiger partial charge in [-0.1, -0.05) is 25.7 Å².